The number of fused-ring (bicyclic) bond motifs is 3. The third-order valence-electron chi connectivity index (χ3n) is 4.37. The highest BCUT2D eigenvalue weighted by Gasteiger charge is 2.20. The Hall–Kier alpha value is -2.47. The van der Waals surface area contributed by atoms with E-state index in [0.717, 1.165) is 46.1 Å². The Labute approximate surface area is 150 Å². The minimum Gasteiger partial charge on any atom is -0.340 e. The summed E-state index contributed by atoms with van der Waals surface area (Å²) in [4.78, 5) is 23.1. The van der Waals surface area contributed by atoms with Crippen LogP contribution in [0, 0.1) is 6.92 Å². The summed E-state index contributed by atoms with van der Waals surface area (Å²) in [5.74, 6) is 1.55. The van der Waals surface area contributed by atoms with Crippen LogP contribution in [-0.4, -0.2) is 15.9 Å². The van der Waals surface area contributed by atoms with Crippen molar-refractivity contribution in [1.82, 2.24) is 9.97 Å². The van der Waals surface area contributed by atoms with E-state index in [1.165, 1.54) is 30.2 Å². The van der Waals surface area contributed by atoms with E-state index in [-0.39, 0.29) is 5.91 Å². The lowest BCUT2D eigenvalue weighted by atomic mass is 9.97. The van der Waals surface area contributed by atoms with Crippen molar-refractivity contribution in [1.29, 1.82) is 0 Å². The van der Waals surface area contributed by atoms with Crippen molar-refractivity contribution in [2.45, 2.75) is 39.5 Å². The molecule has 4 rings (SSSR count). The molecule has 0 saturated heterocycles. The molecule has 1 amide bonds. The maximum Gasteiger partial charge on any atom is 0.221 e. The van der Waals surface area contributed by atoms with Gasteiger partial charge >= 0.3 is 0 Å². The number of rotatable bonds is 3. The number of carbonyl (C=O) groups excluding carboxylic acids is 1. The Kier molecular flexibility index (Phi) is 4.13. The van der Waals surface area contributed by atoms with Gasteiger partial charge in [0.2, 0.25) is 5.91 Å². The largest absolute Gasteiger partial charge is 0.340 e. The van der Waals surface area contributed by atoms with Crippen molar-refractivity contribution < 1.29 is 4.79 Å². The van der Waals surface area contributed by atoms with Crippen LogP contribution in [0.4, 0.5) is 17.2 Å². The molecule has 1 aliphatic rings. The minimum atomic E-state index is -0.0793. The average molecular weight is 352 g/mol. The normalized spacial score (nSPS) is 13.5. The van der Waals surface area contributed by atoms with Gasteiger partial charge in [0.15, 0.2) is 0 Å². The number of anilines is 3. The van der Waals surface area contributed by atoms with Crippen molar-refractivity contribution >= 4 is 44.7 Å². The Morgan fingerprint density at radius 3 is 2.80 bits per heavy atom. The monoisotopic (exact) mass is 352 g/mol. The van der Waals surface area contributed by atoms with E-state index < -0.39 is 0 Å². The molecule has 0 bridgehead atoms. The molecule has 0 fully saturated rings. The Bertz CT molecular complexity index is 963. The molecule has 2 heterocycles. The average Bonchev–Trinajstić information content (AvgIpc) is 2.92. The zero-order valence-corrected chi connectivity index (χ0v) is 15.2. The molecule has 0 atom stereocenters. The number of thiophene rings is 1. The highest BCUT2D eigenvalue weighted by atomic mass is 32.1. The Morgan fingerprint density at radius 2 is 1.96 bits per heavy atom. The van der Waals surface area contributed by atoms with E-state index in [9.17, 15) is 4.79 Å². The van der Waals surface area contributed by atoms with E-state index in [0.29, 0.717) is 0 Å². The Morgan fingerprint density at radius 1 is 1.16 bits per heavy atom. The molecule has 25 heavy (non-hydrogen) atoms. The van der Waals surface area contributed by atoms with Crippen LogP contribution in [0.3, 0.4) is 0 Å². The van der Waals surface area contributed by atoms with Crippen molar-refractivity contribution in [3.05, 3.63) is 40.5 Å². The number of aryl methyl sites for hydroxylation is 3. The molecule has 5 nitrogen and oxygen atoms in total. The first-order valence-corrected chi connectivity index (χ1v) is 9.35. The van der Waals surface area contributed by atoms with Gasteiger partial charge in [-0.1, -0.05) is 6.07 Å². The van der Waals surface area contributed by atoms with Crippen molar-refractivity contribution in [3.8, 4) is 0 Å². The van der Waals surface area contributed by atoms with Crippen molar-refractivity contribution in [3.63, 3.8) is 0 Å². The van der Waals surface area contributed by atoms with E-state index >= 15 is 0 Å². The van der Waals surface area contributed by atoms with Gasteiger partial charge in [0.25, 0.3) is 0 Å². The lowest BCUT2D eigenvalue weighted by Gasteiger charge is -2.13. The Balaban J connectivity index is 1.76. The van der Waals surface area contributed by atoms with Crippen LogP contribution in [0.25, 0.3) is 10.2 Å². The molecule has 0 saturated carbocycles. The van der Waals surface area contributed by atoms with Gasteiger partial charge in [0.05, 0.1) is 5.39 Å². The number of nitrogens with zero attached hydrogens (tertiary/aromatic N) is 2. The first-order chi connectivity index (χ1) is 12.1. The van der Waals surface area contributed by atoms with E-state index in [1.54, 1.807) is 11.3 Å². The number of hydrogen-bond donors (Lipinski definition) is 2. The summed E-state index contributed by atoms with van der Waals surface area (Å²) in [5, 5.41) is 7.42. The summed E-state index contributed by atoms with van der Waals surface area (Å²) >= 11 is 1.80. The van der Waals surface area contributed by atoms with Crippen LogP contribution in [0.5, 0.6) is 0 Å². The third-order valence-corrected chi connectivity index (χ3v) is 5.56. The number of amides is 1. The predicted molar refractivity (Wildman–Crippen MR) is 103 cm³/mol. The lowest BCUT2D eigenvalue weighted by Crippen LogP contribution is -2.06. The molecule has 1 aromatic carbocycles. The fourth-order valence-corrected chi connectivity index (χ4v) is 4.68. The number of hydrogen-bond acceptors (Lipinski definition) is 5. The highest BCUT2D eigenvalue weighted by molar-refractivity contribution is 7.19. The topological polar surface area (TPSA) is 66.9 Å². The summed E-state index contributed by atoms with van der Waals surface area (Å²) in [6.07, 6.45) is 4.73. The van der Waals surface area contributed by atoms with Gasteiger partial charge in [-0.25, -0.2) is 9.97 Å². The van der Waals surface area contributed by atoms with Crippen molar-refractivity contribution in [2.24, 2.45) is 0 Å². The van der Waals surface area contributed by atoms with Gasteiger partial charge in [0, 0.05) is 23.2 Å². The van der Waals surface area contributed by atoms with Gasteiger partial charge < -0.3 is 10.6 Å². The van der Waals surface area contributed by atoms with Gasteiger partial charge in [-0.2, -0.15) is 0 Å². The molecular formula is C19H20N4OS. The fourth-order valence-electron chi connectivity index (χ4n) is 3.37. The van der Waals surface area contributed by atoms with Gasteiger partial charge in [-0.05, 0) is 56.4 Å². The molecule has 128 valence electrons. The first-order valence-electron chi connectivity index (χ1n) is 8.54. The third kappa shape index (κ3) is 3.22. The fraction of sp³-hybridized carbons (Fsp3) is 0.316. The molecule has 0 spiro atoms. The summed E-state index contributed by atoms with van der Waals surface area (Å²) in [6.45, 7) is 3.44. The molecule has 0 aliphatic heterocycles. The predicted octanol–water partition coefficient (Wildman–Crippen LogP) is 4.58. The zero-order valence-electron chi connectivity index (χ0n) is 14.3. The second kappa shape index (κ2) is 6.44. The van der Waals surface area contributed by atoms with Gasteiger partial charge in [0.1, 0.15) is 16.5 Å². The number of aromatic nitrogens is 2. The first kappa shape index (κ1) is 16.0. The smallest absolute Gasteiger partial charge is 0.221 e. The van der Waals surface area contributed by atoms with Crippen LogP contribution < -0.4 is 10.6 Å². The number of benzene rings is 1. The molecule has 3 aromatic rings. The van der Waals surface area contributed by atoms with Crippen molar-refractivity contribution in [2.75, 3.05) is 10.6 Å². The molecule has 2 N–H and O–H groups in total. The van der Waals surface area contributed by atoms with Gasteiger partial charge in [-0.3, -0.25) is 4.79 Å². The SMILES string of the molecule is CC(=O)Nc1cccc(Nc2nc(C)nc3sc4c(c23)CCCC4)c1. The summed E-state index contributed by atoms with van der Waals surface area (Å²) in [6, 6.07) is 7.69. The number of nitrogens with one attached hydrogen (secondary N) is 2. The minimum absolute atomic E-state index is 0.0793. The van der Waals surface area contributed by atoms with Crippen LogP contribution in [0.2, 0.25) is 0 Å². The number of carbonyl (C=O) groups is 1. The van der Waals surface area contributed by atoms with Crippen LogP contribution in [0.1, 0.15) is 36.0 Å². The maximum absolute atomic E-state index is 11.3. The maximum atomic E-state index is 11.3. The zero-order chi connectivity index (χ0) is 17.4. The summed E-state index contributed by atoms with van der Waals surface area (Å²) < 4.78 is 0. The molecule has 2 aromatic heterocycles. The van der Waals surface area contributed by atoms with Crippen LogP contribution in [0.15, 0.2) is 24.3 Å². The van der Waals surface area contributed by atoms with E-state index in [2.05, 4.69) is 20.6 Å². The van der Waals surface area contributed by atoms with Crippen LogP contribution in [-0.2, 0) is 17.6 Å². The molecule has 0 unspecified atom stereocenters. The molecule has 1 aliphatic carbocycles. The lowest BCUT2D eigenvalue weighted by molar-refractivity contribution is -0.114. The highest BCUT2D eigenvalue weighted by Crippen LogP contribution is 2.39. The summed E-state index contributed by atoms with van der Waals surface area (Å²) in [5.41, 5.74) is 3.08. The van der Waals surface area contributed by atoms with Crippen LogP contribution >= 0.6 is 11.3 Å². The summed E-state index contributed by atoms with van der Waals surface area (Å²) in [7, 11) is 0. The standard InChI is InChI=1S/C19H20N4OS/c1-11-20-18(23-14-7-5-6-13(10-14)22-12(2)24)17-15-8-3-4-9-16(15)25-19(17)21-11/h5-7,10H,3-4,8-9H2,1-2H3,(H,22,24)(H,20,21,23). The molecule has 0 radical (unpaired) electrons. The van der Waals surface area contributed by atoms with Gasteiger partial charge in [-0.15, -0.1) is 11.3 Å². The second-order valence-electron chi connectivity index (χ2n) is 6.40. The molecule has 6 heteroatoms. The van der Waals surface area contributed by atoms with E-state index in [1.807, 2.05) is 31.2 Å². The molecular weight excluding hydrogens is 332 g/mol. The van der Waals surface area contributed by atoms with E-state index in [4.69, 9.17) is 0 Å². The second-order valence-corrected chi connectivity index (χ2v) is 7.48. The quantitative estimate of drug-likeness (QED) is 0.724.